The first-order chi connectivity index (χ1) is 10.9. The van der Waals surface area contributed by atoms with Crippen LogP contribution in [0.15, 0.2) is 30.6 Å². The van der Waals surface area contributed by atoms with Gasteiger partial charge in [0, 0.05) is 47.5 Å². The molecule has 1 atom stereocenters. The Morgan fingerprint density at radius 2 is 2.04 bits per heavy atom. The van der Waals surface area contributed by atoms with Crippen LogP contribution in [-0.4, -0.2) is 24.5 Å². The summed E-state index contributed by atoms with van der Waals surface area (Å²) in [6.07, 6.45) is 5.44. The number of hydrogen-bond acceptors (Lipinski definition) is 3. The smallest absolute Gasteiger partial charge is 0.215 e. The Hall–Kier alpha value is -1.08. The van der Waals surface area contributed by atoms with Crippen LogP contribution in [0.5, 0.6) is 0 Å². The number of imidazole rings is 1. The van der Waals surface area contributed by atoms with Gasteiger partial charge in [-0.1, -0.05) is 29.3 Å². The van der Waals surface area contributed by atoms with Crippen molar-refractivity contribution >= 4 is 33.2 Å². The van der Waals surface area contributed by atoms with Crippen molar-refractivity contribution in [2.24, 2.45) is 5.92 Å². The molecule has 0 saturated carbocycles. The topological polar surface area (TPSA) is 64.0 Å². The van der Waals surface area contributed by atoms with Crippen LogP contribution in [0.4, 0.5) is 0 Å². The van der Waals surface area contributed by atoms with Crippen molar-refractivity contribution in [3.05, 3.63) is 52.0 Å². The Morgan fingerprint density at radius 3 is 2.78 bits per heavy atom. The van der Waals surface area contributed by atoms with Gasteiger partial charge >= 0.3 is 0 Å². The van der Waals surface area contributed by atoms with Gasteiger partial charge in [0.2, 0.25) is 10.0 Å². The number of aromatic nitrogens is 2. The summed E-state index contributed by atoms with van der Waals surface area (Å²) in [6.45, 7) is 1.27. The van der Waals surface area contributed by atoms with Crippen LogP contribution < -0.4 is 4.72 Å². The van der Waals surface area contributed by atoms with E-state index in [0.29, 0.717) is 22.2 Å². The number of aryl methyl sites for hydroxylation is 1. The third kappa shape index (κ3) is 4.07. The van der Waals surface area contributed by atoms with E-state index in [0.717, 1.165) is 25.2 Å². The average molecular weight is 374 g/mol. The molecule has 2 aromatic rings. The van der Waals surface area contributed by atoms with Crippen LogP contribution in [0.1, 0.15) is 17.8 Å². The number of rotatable bonds is 5. The average Bonchev–Trinajstić information content (AvgIpc) is 2.97. The maximum absolute atomic E-state index is 12.3. The lowest BCUT2D eigenvalue weighted by Crippen LogP contribution is -2.34. The van der Waals surface area contributed by atoms with Crippen LogP contribution in [-0.2, 0) is 28.7 Å². The molecule has 1 N–H and O–H groups in total. The molecule has 0 bridgehead atoms. The second-order valence-electron chi connectivity index (χ2n) is 5.70. The molecule has 1 unspecified atom stereocenters. The van der Waals surface area contributed by atoms with Crippen molar-refractivity contribution in [3.63, 3.8) is 0 Å². The summed E-state index contributed by atoms with van der Waals surface area (Å²) >= 11 is 12.1. The molecule has 3 rings (SSSR count). The van der Waals surface area contributed by atoms with E-state index in [9.17, 15) is 8.42 Å². The molecule has 0 amide bonds. The molecule has 1 aromatic heterocycles. The van der Waals surface area contributed by atoms with Crippen molar-refractivity contribution in [2.75, 3.05) is 6.54 Å². The molecule has 0 radical (unpaired) electrons. The first-order valence-electron chi connectivity index (χ1n) is 7.35. The van der Waals surface area contributed by atoms with Crippen LogP contribution in [0.25, 0.3) is 0 Å². The molecule has 1 aliphatic rings. The fourth-order valence-electron chi connectivity index (χ4n) is 2.75. The van der Waals surface area contributed by atoms with Gasteiger partial charge in [-0.25, -0.2) is 18.1 Å². The minimum Gasteiger partial charge on any atom is -0.335 e. The molecule has 1 aliphatic heterocycles. The van der Waals surface area contributed by atoms with E-state index in [1.54, 1.807) is 24.4 Å². The second kappa shape index (κ2) is 6.81. The van der Waals surface area contributed by atoms with Gasteiger partial charge in [-0.15, -0.1) is 0 Å². The first-order valence-corrected chi connectivity index (χ1v) is 9.75. The predicted molar refractivity (Wildman–Crippen MR) is 91.1 cm³/mol. The van der Waals surface area contributed by atoms with Crippen molar-refractivity contribution < 1.29 is 8.42 Å². The highest BCUT2D eigenvalue weighted by atomic mass is 35.5. The van der Waals surface area contributed by atoms with E-state index >= 15 is 0 Å². The van der Waals surface area contributed by atoms with Gasteiger partial charge in [0.25, 0.3) is 0 Å². The Morgan fingerprint density at radius 1 is 1.30 bits per heavy atom. The lowest BCUT2D eigenvalue weighted by molar-refractivity contribution is 0.379. The molecule has 2 heterocycles. The summed E-state index contributed by atoms with van der Waals surface area (Å²) in [5, 5.41) is 0.727. The van der Waals surface area contributed by atoms with Crippen molar-refractivity contribution in [3.8, 4) is 0 Å². The molecule has 0 aliphatic carbocycles. The number of benzene rings is 1. The standard InChI is InChI=1S/C15H17Cl2N3O2S/c16-13-2-1-3-14(17)12(13)10-23(21,22)19-9-11-4-6-20-7-5-18-15(20)8-11/h1-3,5,7,11,19H,4,6,8-10H2. The van der Waals surface area contributed by atoms with E-state index in [1.807, 2.05) is 6.20 Å². The highest BCUT2D eigenvalue weighted by Crippen LogP contribution is 2.26. The van der Waals surface area contributed by atoms with Gasteiger partial charge < -0.3 is 4.57 Å². The fourth-order valence-corrected chi connectivity index (χ4v) is 4.72. The predicted octanol–water partition coefficient (Wildman–Crippen LogP) is 2.87. The number of hydrogen-bond donors (Lipinski definition) is 1. The maximum atomic E-state index is 12.3. The Bertz CT molecular complexity index is 785. The van der Waals surface area contributed by atoms with Crippen LogP contribution >= 0.6 is 23.2 Å². The monoisotopic (exact) mass is 373 g/mol. The number of nitrogens with one attached hydrogen (secondary N) is 1. The molecule has 5 nitrogen and oxygen atoms in total. The van der Waals surface area contributed by atoms with Crippen LogP contribution in [0, 0.1) is 5.92 Å². The molecular weight excluding hydrogens is 357 g/mol. The van der Waals surface area contributed by atoms with Gasteiger partial charge in [0.15, 0.2) is 0 Å². The number of nitrogens with zero attached hydrogens (tertiary/aromatic N) is 2. The number of halogens is 2. The summed E-state index contributed by atoms with van der Waals surface area (Å²) in [6, 6.07) is 4.97. The van der Waals surface area contributed by atoms with E-state index in [1.165, 1.54) is 0 Å². The Kier molecular flexibility index (Phi) is 4.96. The fraction of sp³-hybridized carbons (Fsp3) is 0.400. The third-order valence-corrected chi connectivity index (χ3v) is 6.02. The zero-order chi connectivity index (χ0) is 16.4. The van der Waals surface area contributed by atoms with Gasteiger partial charge in [-0.2, -0.15) is 0 Å². The van der Waals surface area contributed by atoms with Gasteiger partial charge in [0.05, 0.1) is 5.75 Å². The quantitative estimate of drug-likeness (QED) is 0.875. The molecule has 0 spiro atoms. The van der Waals surface area contributed by atoms with Crippen molar-refractivity contribution in [1.29, 1.82) is 0 Å². The first kappa shape index (κ1) is 16.8. The summed E-state index contributed by atoms with van der Waals surface area (Å²) in [4.78, 5) is 4.29. The molecule has 0 fully saturated rings. The minimum atomic E-state index is -3.49. The molecular formula is C15H17Cl2N3O2S. The maximum Gasteiger partial charge on any atom is 0.215 e. The summed E-state index contributed by atoms with van der Waals surface area (Å²) in [5.74, 6) is 1.04. The third-order valence-electron chi connectivity index (χ3n) is 4.04. The van der Waals surface area contributed by atoms with E-state index in [2.05, 4.69) is 14.3 Å². The highest BCUT2D eigenvalue weighted by Gasteiger charge is 2.22. The van der Waals surface area contributed by atoms with Crippen molar-refractivity contribution in [1.82, 2.24) is 14.3 Å². The highest BCUT2D eigenvalue weighted by molar-refractivity contribution is 7.88. The lowest BCUT2D eigenvalue weighted by Gasteiger charge is -2.23. The molecule has 1 aromatic carbocycles. The van der Waals surface area contributed by atoms with E-state index in [4.69, 9.17) is 23.2 Å². The summed E-state index contributed by atoms with van der Waals surface area (Å²) in [5.41, 5.74) is 0.433. The SMILES string of the molecule is O=S(=O)(Cc1c(Cl)cccc1Cl)NCC1CCn2ccnc2C1. The summed E-state index contributed by atoms with van der Waals surface area (Å²) in [7, 11) is -3.49. The van der Waals surface area contributed by atoms with Gasteiger partial charge in [-0.05, 0) is 24.5 Å². The van der Waals surface area contributed by atoms with Gasteiger partial charge in [-0.3, -0.25) is 0 Å². The second-order valence-corrected chi connectivity index (χ2v) is 8.32. The van der Waals surface area contributed by atoms with E-state index < -0.39 is 10.0 Å². The van der Waals surface area contributed by atoms with Crippen molar-refractivity contribution in [2.45, 2.75) is 25.1 Å². The molecule has 23 heavy (non-hydrogen) atoms. The molecule has 8 heteroatoms. The molecule has 0 saturated heterocycles. The normalized spacial score (nSPS) is 17.9. The van der Waals surface area contributed by atoms with Crippen LogP contribution in [0.2, 0.25) is 10.0 Å². The van der Waals surface area contributed by atoms with Crippen LogP contribution in [0.3, 0.4) is 0 Å². The number of sulfonamides is 1. The summed E-state index contributed by atoms with van der Waals surface area (Å²) < 4.78 is 29.4. The zero-order valence-electron chi connectivity index (χ0n) is 12.4. The minimum absolute atomic E-state index is 0.215. The zero-order valence-corrected chi connectivity index (χ0v) is 14.7. The lowest BCUT2D eigenvalue weighted by atomic mass is 9.98. The Balaban J connectivity index is 1.61. The largest absolute Gasteiger partial charge is 0.335 e. The molecule has 124 valence electrons. The van der Waals surface area contributed by atoms with Gasteiger partial charge in [0.1, 0.15) is 5.82 Å². The Labute approximate surface area is 145 Å². The number of fused-ring (bicyclic) bond motifs is 1. The van der Waals surface area contributed by atoms with E-state index in [-0.39, 0.29) is 11.7 Å².